The van der Waals surface area contributed by atoms with E-state index in [9.17, 15) is 4.79 Å². The summed E-state index contributed by atoms with van der Waals surface area (Å²) >= 11 is 1.50. The van der Waals surface area contributed by atoms with E-state index in [1.165, 1.54) is 23.8 Å². The lowest BCUT2D eigenvalue weighted by atomic mass is 10.1. The molecule has 4 rings (SSSR count). The number of H-pyrrole nitrogens is 1. The van der Waals surface area contributed by atoms with Crippen molar-refractivity contribution >= 4 is 35.8 Å². The van der Waals surface area contributed by atoms with Gasteiger partial charge in [-0.2, -0.15) is 4.98 Å². The maximum absolute atomic E-state index is 12.5. The number of amides is 1. The topological polar surface area (TPSA) is 79.0 Å². The van der Waals surface area contributed by atoms with Crippen molar-refractivity contribution in [2.24, 2.45) is 0 Å². The molecule has 0 radical (unpaired) electrons. The molecule has 3 N–H and O–H groups in total. The van der Waals surface area contributed by atoms with Gasteiger partial charge >= 0.3 is 0 Å². The fraction of sp³-hybridized carbons (Fsp3) is 0.625. The van der Waals surface area contributed by atoms with Crippen LogP contribution in [0.5, 0.6) is 5.19 Å². The van der Waals surface area contributed by atoms with Gasteiger partial charge in [0.25, 0.3) is 11.1 Å². The Bertz CT molecular complexity index is 721. The number of nitrogens with one attached hydrogen (secondary N) is 3. The van der Waals surface area contributed by atoms with Gasteiger partial charge in [-0.05, 0) is 31.4 Å². The van der Waals surface area contributed by atoms with Crippen LogP contribution in [0.2, 0.25) is 19.1 Å². The summed E-state index contributed by atoms with van der Waals surface area (Å²) in [5.74, 6) is -0.0435. The lowest BCUT2D eigenvalue weighted by molar-refractivity contribution is 0.0931. The average Bonchev–Trinajstić information content (AvgIpc) is 3.15. The highest BCUT2D eigenvalue weighted by Gasteiger charge is 2.27. The zero-order valence-corrected chi connectivity index (χ0v) is 16.0. The number of rotatable bonds is 4. The average molecular weight is 365 g/mol. The van der Waals surface area contributed by atoms with Gasteiger partial charge < -0.3 is 20.0 Å². The molecule has 2 fully saturated rings. The fourth-order valence-corrected chi connectivity index (χ4v) is 6.00. The van der Waals surface area contributed by atoms with E-state index in [0.717, 1.165) is 36.2 Å². The lowest BCUT2D eigenvalue weighted by Gasteiger charge is -2.22. The Hall–Kier alpha value is -1.38. The summed E-state index contributed by atoms with van der Waals surface area (Å²) in [7, 11) is -1.27. The predicted molar refractivity (Wildman–Crippen MR) is 98.4 cm³/mol. The van der Waals surface area contributed by atoms with Crippen molar-refractivity contribution < 1.29 is 9.53 Å². The highest BCUT2D eigenvalue weighted by Crippen LogP contribution is 2.33. The number of carbonyl (C=O) groups excluding carboxylic acids is 1. The first kappa shape index (κ1) is 16.1. The van der Waals surface area contributed by atoms with E-state index in [0.29, 0.717) is 17.0 Å². The van der Waals surface area contributed by atoms with Crippen molar-refractivity contribution in [3.05, 3.63) is 11.8 Å². The normalized spacial score (nSPS) is 23.8. The second-order valence-electron chi connectivity index (χ2n) is 7.52. The van der Waals surface area contributed by atoms with Crippen LogP contribution in [0.4, 0.5) is 0 Å². The third-order valence-corrected chi connectivity index (χ3v) is 8.37. The third kappa shape index (κ3) is 3.65. The molecule has 1 saturated carbocycles. The van der Waals surface area contributed by atoms with Crippen molar-refractivity contribution in [2.45, 2.75) is 57.0 Å². The van der Waals surface area contributed by atoms with Crippen LogP contribution >= 0.6 is 11.3 Å². The van der Waals surface area contributed by atoms with Gasteiger partial charge in [0.2, 0.25) is 0 Å². The molecule has 2 aliphatic rings. The molecule has 0 aromatic carbocycles. The van der Waals surface area contributed by atoms with E-state index in [-0.39, 0.29) is 11.9 Å². The molecule has 24 heavy (non-hydrogen) atoms. The Labute approximate surface area is 146 Å². The zero-order valence-electron chi connectivity index (χ0n) is 14.1. The van der Waals surface area contributed by atoms with E-state index >= 15 is 0 Å². The number of thiazole rings is 1. The second-order valence-corrected chi connectivity index (χ2v) is 13.1. The fourth-order valence-electron chi connectivity index (χ4n) is 3.06. The molecule has 1 amide bonds. The van der Waals surface area contributed by atoms with E-state index in [2.05, 4.69) is 33.4 Å². The van der Waals surface area contributed by atoms with Gasteiger partial charge in [0.05, 0.1) is 4.70 Å². The molecule has 8 heteroatoms. The molecule has 1 aliphatic carbocycles. The minimum Gasteiger partial charge on any atom is -0.467 e. The minimum atomic E-state index is -1.27. The highest BCUT2D eigenvalue weighted by atomic mass is 32.1. The maximum Gasteiger partial charge on any atom is 0.276 e. The van der Waals surface area contributed by atoms with Crippen LogP contribution in [0.1, 0.15) is 36.2 Å². The molecule has 2 aromatic heterocycles. The molecular weight excluding hydrogens is 340 g/mol. The summed E-state index contributed by atoms with van der Waals surface area (Å²) in [6.07, 6.45) is 4.81. The molecule has 1 saturated heterocycles. The van der Waals surface area contributed by atoms with Crippen molar-refractivity contribution in [3.63, 3.8) is 0 Å². The van der Waals surface area contributed by atoms with E-state index in [1.807, 2.05) is 6.07 Å². The molecule has 6 nitrogen and oxygen atoms in total. The van der Waals surface area contributed by atoms with E-state index in [1.54, 1.807) is 0 Å². The molecule has 1 unspecified atom stereocenters. The van der Waals surface area contributed by atoms with Crippen LogP contribution in [0.3, 0.4) is 0 Å². The van der Waals surface area contributed by atoms with Crippen LogP contribution in [-0.2, 0) is 0 Å². The number of fused-ring (bicyclic) bond motifs is 1. The van der Waals surface area contributed by atoms with E-state index in [4.69, 9.17) is 4.74 Å². The quantitative estimate of drug-likeness (QED) is 0.729. The number of aromatic amines is 1. The van der Waals surface area contributed by atoms with Gasteiger partial charge in [-0.15, -0.1) is 0 Å². The Balaban J connectivity index is 1.40. The summed E-state index contributed by atoms with van der Waals surface area (Å²) in [5.41, 5.74) is 1.33. The van der Waals surface area contributed by atoms with Crippen LogP contribution < -0.4 is 15.0 Å². The zero-order chi connectivity index (χ0) is 16.7. The third-order valence-electron chi connectivity index (χ3n) is 4.72. The Morgan fingerprint density at radius 1 is 1.42 bits per heavy atom. The number of hydrogen-bond acceptors (Lipinski definition) is 5. The Morgan fingerprint density at radius 3 is 3.00 bits per heavy atom. The van der Waals surface area contributed by atoms with Crippen molar-refractivity contribution in [3.8, 4) is 5.19 Å². The van der Waals surface area contributed by atoms with Crippen molar-refractivity contribution in [1.82, 2.24) is 20.3 Å². The van der Waals surface area contributed by atoms with Crippen LogP contribution in [0.15, 0.2) is 6.07 Å². The molecular formula is C16H24N4O2SSi. The Morgan fingerprint density at radius 2 is 2.25 bits per heavy atom. The summed E-state index contributed by atoms with van der Waals surface area (Å²) in [6.45, 7) is 5.57. The molecule has 1 aliphatic heterocycles. The van der Waals surface area contributed by atoms with Crippen molar-refractivity contribution in [2.75, 3.05) is 6.54 Å². The first-order chi connectivity index (χ1) is 11.5. The largest absolute Gasteiger partial charge is 0.467 e. The predicted octanol–water partition coefficient (Wildman–Crippen LogP) is 2.85. The second kappa shape index (κ2) is 6.16. The molecule has 2 aromatic rings. The number of ether oxygens (including phenoxy) is 1. The SMILES string of the molecule is C[Si]1(C)CCCC(NC(=O)c2cc3sc(OC4CC4)nc3[nH]2)CN1. The van der Waals surface area contributed by atoms with Gasteiger partial charge in [-0.1, -0.05) is 30.9 Å². The molecule has 0 bridgehead atoms. The van der Waals surface area contributed by atoms with Gasteiger partial charge in [0, 0.05) is 12.6 Å². The summed E-state index contributed by atoms with van der Waals surface area (Å²) in [5, 5.41) is 3.86. The molecule has 130 valence electrons. The number of nitrogens with zero attached hydrogens (tertiary/aromatic N) is 1. The Kier molecular flexibility index (Phi) is 4.13. The smallest absolute Gasteiger partial charge is 0.276 e. The molecule has 3 heterocycles. The standard InChI is InChI=1S/C16H24N4O2SSi/c1-24(2)7-3-4-10(9-17-24)18-15(21)12-8-13-14(19-12)20-16(23-13)22-11-5-6-11/h8,10-11,17,19H,3-7,9H2,1-2H3,(H,18,21). The summed E-state index contributed by atoms with van der Waals surface area (Å²) in [4.78, 5) is 23.7. The lowest BCUT2D eigenvalue weighted by Crippen LogP contribution is -2.49. The van der Waals surface area contributed by atoms with Crippen LogP contribution in [-0.4, -0.2) is 42.8 Å². The maximum atomic E-state index is 12.5. The van der Waals surface area contributed by atoms with Crippen molar-refractivity contribution in [1.29, 1.82) is 0 Å². The highest BCUT2D eigenvalue weighted by molar-refractivity contribution is 7.20. The minimum absolute atomic E-state index is 0.0435. The first-order valence-corrected chi connectivity index (χ1v) is 12.7. The molecule has 0 spiro atoms. The summed E-state index contributed by atoms with van der Waals surface area (Å²) < 4.78 is 6.68. The number of carbonyl (C=O) groups is 1. The molecule has 1 atom stereocenters. The van der Waals surface area contributed by atoms with Crippen LogP contribution in [0.25, 0.3) is 10.3 Å². The van der Waals surface area contributed by atoms with E-state index < -0.39 is 8.24 Å². The van der Waals surface area contributed by atoms with Crippen LogP contribution in [0, 0.1) is 0 Å². The number of hydrogen-bond donors (Lipinski definition) is 3. The monoisotopic (exact) mass is 364 g/mol. The van der Waals surface area contributed by atoms with Gasteiger partial charge in [0.15, 0.2) is 5.65 Å². The first-order valence-electron chi connectivity index (χ1n) is 8.71. The summed E-state index contributed by atoms with van der Waals surface area (Å²) in [6, 6.07) is 3.35. The van der Waals surface area contributed by atoms with Gasteiger partial charge in [0.1, 0.15) is 20.0 Å². The number of aromatic nitrogens is 2. The van der Waals surface area contributed by atoms with Gasteiger partial charge in [-0.3, -0.25) is 4.79 Å². The van der Waals surface area contributed by atoms with Gasteiger partial charge in [-0.25, -0.2) is 0 Å².